The smallest absolute Gasteiger partial charge is 0.313 e. The lowest BCUT2D eigenvalue weighted by atomic mass is 9.65. The molecule has 1 aromatic carbocycles. The molecule has 0 aromatic heterocycles. The summed E-state index contributed by atoms with van der Waals surface area (Å²) in [5.41, 5.74) is -1.98. The first-order valence-corrected chi connectivity index (χ1v) is 13.4. The van der Waals surface area contributed by atoms with E-state index in [4.69, 9.17) is 9.47 Å². The molecule has 6 atom stereocenters. The van der Waals surface area contributed by atoms with Crippen molar-refractivity contribution in [3.63, 3.8) is 0 Å². The molecule has 3 aliphatic rings. The third-order valence-corrected chi connectivity index (χ3v) is 8.53. The number of carbonyl (C=O) groups excluding carboxylic acids is 3. The van der Waals surface area contributed by atoms with E-state index in [2.05, 4.69) is 13.2 Å². The van der Waals surface area contributed by atoms with Crippen molar-refractivity contribution in [2.75, 3.05) is 19.8 Å². The maximum Gasteiger partial charge on any atom is 0.313 e. The summed E-state index contributed by atoms with van der Waals surface area (Å²) in [4.78, 5) is 45.6. The zero-order valence-corrected chi connectivity index (χ0v) is 22.9. The summed E-state index contributed by atoms with van der Waals surface area (Å²) < 4.78 is 12.3. The molecule has 0 radical (unpaired) electrons. The van der Waals surface area contributed by atoms with Gasteiger partial charge in [-0.3, -0.25) is 14.4 Å². The number of hydrogen-bond acceptors (Lipinski definition) is 6. The number of hydrogen-bond donors (Lipinski definition) is 1. The molecule has 2 amide bonds. The highest BCUT2D eigenvalue weighted by Gasteiger charge is 2.79. The van der Waals surface area contributed by atoms with E-state index < -0.39 is 46.6 Å². The van der Waals surface area contributed by atoms with Gasteiger partial charge in [-0.2, -0.15) is 0 Å². The predicted octanol–water partition coefficient (Wildman–Crippen LogP) is 3.42. The SMILES string of the molecule is C=CCOC(=O)[C@H]1[C@H]2C(=O)N([C@H](CO)c3ccccc3)C(C(=O)N(CC=C)C(C)(C)C)C23CC[C@]1(CC)O3. The van der Waals surface area contributed by atoms with Gasteiger partial charge in [0.25, 0.3) is 0 Å². The quantitative estimate of drug-likeness (QED) is 0.372. The van der Waals surface area contributed by atoms with E-state index >= 15 is 0 Å². The first-order valence-electron chi connectivity index (χ1n) is 13.4. The number of ether oxygens (including phenoxy) is 2. The molecular formula is C30H40N2O6. The summed E-state index contributed by atoms with van der Waals surface area (Å²) in [5.74, 6) is -2.92. The van der Waals surface area contributed by atoms with Crippen molar-refractivity contribution < 1.29 is 29.0 Å². The van der Waals surface area contributed by atoms with Crippen LogP contribution in [0.1, 0.15) is 58.6 Å². The van der Waals surface area contributed by atoms with Gasteiger partial charge in [0.15, 0.2) is 0 Å². The van der Waals surface area contributed by atoms with Crippen LogP contribution in [0, 0.1) is 11.8 Å². The molecule has 2 bridgehead atoms. The Hall–Kier alpha value is -2.97. The molecular weight excluding hydrogens is 484 g/mol. The van der Waals surface area contributed by atoms with Crippen LogP contribution in [0.2, 0.25) is 0 Å². The summed E-state index contributed by atoms with van der Waals surface area (Å²) in [6, 6.07) is 7.36. The van der Waals surface area contributed by atoms with E-state index in [-0.39, 0.29) is 31.6 Å². The molecule has 8 heteroatoms. The molecule has 3 fully saturated rings. The number of nitrogens with zero attached hydrogens (tertiary/aromatic N) is 2. The van der Waals surface area contributed by atoms with Crippen molar-refractivity contribution in [1.82, 2.24) is 9.80 Å². The number of aliphatic hydroxyl groups is 1. The van der Waals surface area contributed by atoms with Crippen molar-refractivity contribution in [2.24, 2.45) is 11.8 Å². The lowest BCUT2D eigenvalue weighted by Crippen LogP contribution is -2.60. The number of amides is 2. The molecule has 206 valence electrons. The number of esters is 1. The highest BCUT2D eigenvalue weighted by atomic mass is 16.6. The highest BCUT2D eigenvalue weighted by molar-refractivity contribution is 5.99. The third kappa shape index (κ3) is 4.18. The zero-order valence-electron chi connectivity index (χ0n) is 22.9. The van der Waals surface area contributed by atoms with Gasteiger partial charge in [0.2, 0.25) is 11.8 Å². The Labute approximate surface area is 225 Å². The van der Waals surface area contributed by atoms with Gasteiger partial charge in [0.05, 0.1) is 24.2 Å². The van der Waals surface area contributed by atoms with Crippen molar-refractivity contribution in [3.05, 3.63) is 61.2 Å². The maximum atomic E-state index is 14.5. The average molecular weight is 525 g/mol. The summed E-state index contributed by atoms with van der Waals surface area (Å²) >= 11 is 0. The summed E-state index contributed by atoms with van der Waals surface area (Å²) in [7, 11) is 0. The van der Waals surface area contributed by atoms with E-state index in [1.54, 1.807) is 11.0 Å². The van der Waals surface area contributed by atoms with Gasteiger partial charge in [-0.15, -0.1) is 6.58 Å². The van der Waals surface area contributed by atoms with Crippen LogP contribution in [0.15, 0.2) is 55.6 Å². The third-order valence-electron chi connectivity index (χ3n) is 8.53. The van der Waals surface area contributed by atoms with Gasteiger partial charge < -0.3 is 24.4 Å². The molecule has 3 saturated heterocycles. The molecule has 3 aliphatic heterocycles. The fourth-order valence-corrected chi connectivity index (χ4v) is 6.86. The molecule has 0 aliphatic carbocycles. The second kappa shape index (κ2) is 10.3. The molecule has 0 saturated carbocycles. The summed E-state index contributed by atoms with van der Waals surface area (Å²) in [6.07, 6.45) is 4.64. The van der Waals surface area contributed by atoms with Crippen LogP contribution in [0.4, 0.5) is 0 Å². The normalized spacial score (nSPS) is 30.6. The van der Waals surface area contributed by atoms with E-state index in [0.717, 1.165) is 0 Å². The van der Waals surface area contributed by atoms with Gasteiger partial charge >= 0.3 is 5.97 Å². The van der Waals surface area contributed by atoms with Gasteiger partial charge in [0.1, 0.15) is 24.2 Å². The average Bonchev–Trinajstić information content (AvgIpc) is 3.50. The Balaban J connectivity index is 1.90. The first-order chi connectivity index (χ1) is 18.0. The predicted molar refractivity (Wildman–Crippen MR) is 143 cm³/mol. The highest BCUT2D eigenvalue weighted by Crippen LogP contribution is 2.65. The van der Waals surface area contributed by atoms with Crippen LogP contribution >= 0.6 is 0 Å². The Morgan fingerprint density at radius 1 is 1.24 bits per heavy atom. The minimum Gasteiger partial charge on any atom is -0.461 e. The van der Waals surface area contributed by atoms with Crippen LogP contribution < -0.4 is 0 Å². The van der Waals surface area contributed by atoms with Crippen molar-refractivity contribution >= 4 is 17.8 Å². The van der Waals surface area contributed by atoms with Gasteiger partial charge in [-0.1, -0.05) is 56.0 Å². The van der Waals surface area contributed by atoms with Crippen molar-refractivity contribution in [2.45, 2.75) is 75.8 Å². The Kier molecular flexibility index (Phi) is 7.60. The number of aliphatic hydroxyl groups excluding tert-OH is 1. The molecule has 4 rings (SSSR count). The monoisotopic (exact) mass is 524 g/mol. The van der Waals surface area contributed by atoms with Crippen LogP contribution in [0.25, 0.3) is 0 Å². The standard InChI is InChI=1S/C30H40N2O6/c1-7-17-31(28(4,5)6)26(35)24-30-16-15-29(9-3,38-30)23(27(36)37-18-8-2)22(30)25(34)32(24)21(19-33)20-13-11-10-12-14-20/h7-8,10-14,21-24,33H,1-2,9,15-19H2,3-6H3/t21-,22+,23-,24?,29+,30?/m1/s1. The van der Waals surface area contributed by atoms with Gasteiger partial charge in [-0.05, 0) is 45.6 Å². The molecule has 1 spiro atoms. The summed E-state index contributed by atoms with van der Waals surface area (Å²) in [5, 5.41) is 10.6. The van der Waals surface area contributed by atoms with E-state index in [1.807, 2.05) is 58.0 Å². The molecule has 8 nitrogen and oxygen atoms in total. The number of carbonyl (C=O) groups is 3. The molecule has 2 unspecified atom stereocenters. The minimum absolute atomic E-state index is 0.0233. The van der Waals surface area contributed by atoms with E-state index in [0.29, 0.717) is 24.8 Å². The molecule has 1 N–H and O–H groups in total. The Morgan fingerprint density at radius 3 is 2.47 bits per heavy atom. The lowest BCUT2D eigenvalue weighted by Gasteiger charge is -2.43. The number of likely N-dealkylation sites (tertiary alicyclic amines) is 1. The van der Waals surface area contributed by atoms with Crippen LogP contribution in [0.3, 0.4) is 0 Å². The Bertz CT molecular complexity index is 1100. The topological polar surface area (TPSA) is 96.4 Å². The fraction of sp³-hybridized carbons (Fsp3) is 0.567. The fourth-order valence-electron chi connectivity index (χ4n) is 6.86. The lowest BCUT2D eigenvalue weighted by molar-refractivity contribution is -0.164. The first kappa shape index (κ1) is 28.0. The minimum atomic E-state index is -1.21. The van der Waals surface area contributed by atoms with Crippen LogP contribution in [0.5, 0.6) is 0 Å². The number of rotatable bonds is 10. The molecule has 3 heterocycles. The van der Waals surface area contributed by atoms with Crippen molar-refractivity contribution in [3.8, 4) is 0 Å². The van der Waals surface area contributed by atoms with Crippen LogP contribution in [-0.2, 0) is 23.9 Å². The second-order valence-electron chi connectivity index (χ2n) is 11.5. The summed E-state index contributed by atoms with van der Waals surface area (Å²) in [6.45, 7) is 15.1. The largest absolute Gasteiger partial charge is 0.461 e. The van der Waals surface area contributed by atoms with E-state index in [9.17, 15) is 19.5 Å². The second-order valence-corrected chi connectivity index (χ2v) is 11.5. The van der Waals surface area contributed by atoms with Gasteiger partial charge in [0, 0.05) is 12.1 Å². The molecule has 38 heavy (non-hydrogen) atoms. The van der Waals surface area contributed by atoms with Gasteiger partial charge in [-0.25, -0.2) is 0 Å². The molecule has 1 aromatic rings. The zero-order chi connectivity index (χ0) is 27.9. The van der Waals surface area contributed by atoms with Crippen molar-refractivity contribution in [1.29, 1.82) is 0 Å². The Morgan fingerprint density at radius 2 is 1.92 bits per heavy atom. The van der Waals surface area contributed by atoms with E-state index in [1.165, 1.54) is 11.0 Å². The maximum absolute atomic E-state index is 14.5. The van der Waals surface area contributed by atoms with Crippen LogP contribution in [-0.4, -0.2) is 75.2 Å². The number of benzene rings is 1. The number of fused-ring (bicyclic) bond motifs is 1.